The zero-order chi connectivity index (χ0) is 16.1. The molecule has 0 saturated carbocycles. The van der Waals surface area contributed by atoms with Crippen molar-refractivity contribution < 1.29 is 9.90 Å². The van der Waals surface area contributed by atoms with Gasteiger partial charge in [0.25, 0.3) is 0 Å². The molecule has 0 aliphatic carbocycles. The molecule has 2 aliphatic rings. The normalized spacial score (nSPS) is 19.5. The summed E-state index contributed by atoms with van der Waals surface area (Å²) in [7, 11) is 0. The number of aliphatic hydroxyl groups excluding tert-OH is 1. The van der Waals surface area contributed by atoms with Gasteiger partial charge in [-0.2, -0.15) is 11.8 Å². The molecule has 2 saturated heterocycles. The van der Waals surface area contributed by atoms with E-state index in [9.17, 15) is 9.90 Å². The first kappa shape index (κ1) is 16.4. The molecule has 0 unspecified atom stereocenters. The highest BCUT2D eigenvalue weighted by molar-refractivity contribution is 7.99. The van der Waals surface area contributed by atoms with E-state index in [0.717, 1.165) is 61.7 Å². The highest BCUT2D eigenvalue weighted by Gasteiger charge is 2.19. The highest BCUT2D eigenvalue weighted by atomic mass is 32.2. The Balaban J connectivity index is 1.69. The molecule has 1 aromatic carbocycles. The van der Waals surface area contributed by atoms with Crippen LogP contribution >= 0.6 is 11.8 Å². The van der Waals surface area contributed by atoms with Crippen LogP contribution < -0.4 is 10.2 Å². The molecule has 0 aromatic heterocycles. The van der Waals surface area contributed by atoms with Crippen LogP contribution in [0.5, 0.6) is 0 Å². The number of carbonyl (C=O) groups excluding carboxylic acids is 1. The monoisotopic (exact) mass is 332 g/mol. The quantitative estimate of drug-likeness (QED) is 0.836. The first-order chi connectivity index (χ1) is 11.2. The molecule has 2 aliphatic heterocycles. The lowest BCUT2D eigenvalue weighted by molar-refractivity contribution is -0.112. The number of allylic oxidation sites excluding steroid dienone is 1. The summed E-state index contributed by atoms with van der Waals surface area (Å²) in [4.78, 5) is 14.6. The third-order valence-corrected chi connectivity index (χ3v) is 5.42. The van der Waals surface area contributed by atoms with Crippen molar-refractivity contribution >= 4 is 29.0 Å². The number of para-hydroxylation sites is 2. The number of nitrogens with one attached hydrogen (secondary N) is 1. The molecule has 2 fully saturated rings. The Morgan fingerprint density at radius 1 is 1.22 bits per heavy atom. The highest BCUT2D eigenvalue weighted by Crippen LogP contribution is 2.29. The summed E-state index contributed by atoms with van der Waals surface area (Å²) in [6.45, 7) is 1.65. The minimum atomic E-state index is -0.193. The lowest BCUT2D eigenvalue weighted by atomic mass is 10.1. The predicted molar refractivity (Wildman–Crippen MR) is 97.2 cm³/mol. The summed E-state index contributed by atoms with van der Waals surface area (Å²) in [5, 5.41) is 12.7. The molecule has 1 amide bonds. The van der Waals surface area contributed by atoms with Crippen LogP contribution in [0.25, 0.3) is 0 Å². The van der Waals surface area contributed by atoms with Crippen molar-refractivity contribution in [3.63, 3.8) is 0 Å². The Hall–Kier alpha value is -1.46. The molecule has 0 atom stereocenters. The molecular formula is C18H24N2O2S. The SMILES string of the molecule is O=C(C=C1CCSCC1)Nc1ccccc1N1CCC(O)CC1. The zero-order valence-corrected chi connectivity index (χ0v) is 14.1. The Kier molecular flexibility index (Phi) is 5.62. The van der Waals surface area contributed by atoms with Crippen molar-refractivity contribution in [1.82, 2.24) is 0 Å². The van der Waals surface area contributed by atoms with Crippen LogP contribution in [0.4, 0.5) is 11.4 Å². The number of amides is 1. The minimum absolute atomic E-state index is 0.0311. The Labute approximate surface area is 141 Å². The molecule has 124 valence electrons. The van der Waals surface area contributed by atoms with Gasteiger partial charge in [-0.3, -0.25) is 4.79 Å². The van der Waals surface area contributed by atoms with E-state index in [1.54, 1.807) is 6.08 Å². The van der Waals surface area contributed by atoms with E-state index in [2.05, 4.69) is 10.2 Å². The van der Waals surface area contributed by atoms with E-state index in [1.165, 1.54) is 5.57 Å². The number of piperidine rings is 1. The number of anilines is 2. The molecule has 23 heavy (non-hydrogen) atoms. The summed E-state index contributed by atoms with van der Waals surface area (Å²) in [5.74, 6) is 2.20. The van der Waals surface area contributed by atoms with Crippen LogP contribution in [-0.4, -0.2) is 41.7 Å². The van der Waals surface area contributed by atoms with Crippen molar-refractivity contribution in [2.24, 2.45) is 0 Å². The summed E-state index contributed by atoms with van der Waals surface area (Å²) in [5.41, 5.74) is 3.15. The summed E-state index contributed by atoms with van der Waals surface area (Å²) < 4.78 is 0. The average molecular weight is 332 g/mol. The second-order valence-electron chi connectivity index (χ2n) is 6.14. The van der Waals surface area contributed by atoms with Gasteiger partial charge in [0.15, 0.2) is 0 Å². The smallest absolute Gasteiger partial charge is 0.248 e. The van der Waals surface area contributed by atoms with Crippen molar-refractivity contribution in [1.29, 1.82) is 0 Å². The van der Waals surface area contributed by atoms with Gasteiger partial charge in [0, 0.05) is 19.2 Å². The summed E-state index contributed by atoms with van der Waals surface area (Å²) >= 11 is 1.95. The number of benzene rings is 1. The first-order valence-electron chi connectivity index (χ1n) is 8.32. The summed E-state index contributed by atoms with van der Waals surface area (Å²) in [6.07, 6.45) is 5.18. The lowest BCUT2D eigenvalue weighted by Crippen LogP contribution is -2.36. The van der Waals surface area contributed by atoms with Crippen LogP contribution in [-0.2, 0) is 4.79 Å². The number of hydrogen-bond donors (Lipinski definition) is 2. The fourth-order valence-electron chi connectivity index (χ4n) is 3.09. The van der Waals surface area contributed by atoms with Gasteiger partial charge in [-0.15, -0.1) is 0 Å². The fourth-order valence-corrected chi connectivity index (χ4v) is 4.11. The number of carbonyl (C=O) groups is 1. The van der Waals surface area contributed by atoms with E-state index >= 15 is 0 Å². The van der Waals surface area contributed by atoms with Crippen LogP contribution in [0.15, 0.2) is 35.9 Å². The Bertz CT molecular complexity index is 572. The third kappa shape index (κ3) is 4.52. The fraction of sp³-hybridized carbons (Fsp3) is 0.500. The van der Waals surface area contributed by atoms with Crippen molar-refractivity contribution in [2.45, 2.75) is 31.8 Å². The van der Waals surface area contributed by atoms with Gasteiger partial charge in [0.05, 0.1) is 17.5 Å². The maximum Gasteiger partial charge on any atom is 0.248 e. The molecule has 1 aromatic rings. The van der Waals surface area contributed by atoms with Gasteiger partial charge in [-0.05, 0) is 49.3 Å². The average Bonchev–Trinajstić information content (AvgIpc) is 2.57. The number of nitrogens with zero attached hydrogens (tertiary/aromatic N) is 1. The maximum absolute atomic E-state index is 12.3. The van der Waals surface area contributed by atoms with Crippen molar-refractivity contribution in [2.75, 3.05) is 34.8 Å². The lowest BCUT2D eigenvalue weighted by Gasteiger charge is -2.32. The number of aliphatic hydroxyl groups is 1. The maximum atomic E-state index is 12.3. The van der Waals surface area contributed by atoms with Crippen LogP contribution in [0.3, 0.4) is 0 Å². The van der Waals surface area contributed by atoms with E-state index in [0.29, 0.717) is 0 Å². The second kappa shape index (κ2) is 7.88. The van der Waals surface area contributed by atoms with Gasteiger partial charge in [-0.1, -0.05) is 17.7 Å². The van der Waals surface area contributed by atoms with E-state index < -0.39 is 0 Å². The van der Waals surface area contributed by atoms with Gasteiger partial charge < -0.3 is 15.3 Å². The molecule has 3 rings (SSSR count). The largest absolute Gasteiger partial charge is 0.393 e. The van der Waals surface area contributed by atoms with Crippen LogP contribution in [0.2, 0.25) is 0 Å². The van der Waals surface area contributed by atoms with Gasteiger partial charge in [0.1, 0.15) is 0 Å². The van der Waals surface area contributed by atoms with Gasteiger partial charge >= 0.3 is 0 Å². The number of rotatable bonds is 3. The van der Waals surface area contributed by atoms with E-state index in [4.69, 9.17) is 0 Å². The zero-order valence-electron chi connectivity index (χ0n) is 13.3. The van der Waals surface area contributed by atoms with Crippen molar-refractivity contribution in [3.8, 4) is 0 Å². The molecule has 4 nitrogen and oxygen atoms in total. The second-order valence-corrected chi connectivity index (χ2v) is 7.36. The van der Waals surface area contributed by atoms with E-state index in [1.807, 2.05) is 36.0 Å². The molecule has 0 spiro atoms. The molecule has 0 bridgehead atoms. The third-order valence-electron chi connectivity index (χ3n) is 4.44. The number of hydrogen-bond acceptors (Lipinski definition) is 4. The minimum Gasteiger partial charge on any atom is -0.393 e. The van der Waals surface area contributed by atoms with Crippen LogP contribution in [0.1, 0.15) is 25.7 Å². The molecule has 2 N–H and O–H groups in total. The van der Waals surface area contributed by atoms with Gasteiger partial charge in [0.2, 0.25) is 5.91 Å². The molecule has 5 heteroatoms. The van der Waals surface area contributed by atoms with Crippen molar-refractivity contribution in [3.05, 3.63) is 35.9 Å². The predicted octanol–water partition coefficient (Wildman–Crippen LogP) is 3.04. The topological polar surface area (TPSA) is 52.6 Å². The van der Waals surface area contributed by atoms with Gasteiger partial charge in [-0.25, -0.2) is 0 Å². The molecule has 0 radical (unpaired) electrons. The Morgan fingerprint density at radius 3 is 2.65 bits per heavy atom. The summed E-state index contributed by atoms with van der Waals surface area (Å²) in [6, 6.07) is 7.93. The standard InChI is InChI=1S/C18H24N2O2S/c21-15-5-9-20(10-6-15)17-4-2-1-3-16(17)19-18(22)13-14-7-11-23-12-8-14/h1-4,13,15,21H,5-12H2,(H,19,22). The number of thioether (sulfide) groups is 1. The van der Waals surface area contributed by atoms with E-state index in [-0.39, 0.29) is 12.0 Å². The molecular weight excluding hydrogens is 308 g/mol. The molecule has 2 heterocycles. The van der Waals surface area contributed by atoms with Crippen LogP contribution in [0, 0.1) is 0 Å². The first-order valence-corrected chi connectivity index (χ1v) is 9.48. The Morgan fingerprint density at radius 2 is 1.91 bits per heavy atom.